The number of aryl methyl sites for hydroxylation is 2. The zero-order valence-corrected chi connectivity index (χ0v) is 14.2. The molecule has 0 saturated heterocycles. The molecule has 4 heteroatoms. The summed E-state index contributed by atoms with van der Waals surface area (Å²) in [5, 5.41) is 4.15. The average Bonchev–Trinajstić information content (AvgIpc) is 2.70. The van der Waals surface area contributed by atoms with Gasteiger partial charge in [0.1, 0.15) is 11.5 Å². The lowest BCUT2D eigenvalue weighted by Gasteiger charge is -2.30. The van der Waals surface area contributed by atoms with Crippen LogP contribution in [0.3, 0.4) is 0 Å². The van der Waals surface area contributed by atoms with Gasteiger partial charge in [-0.05, 0) is 45.4 Å². The Morgan fingerprint density at radius 2 is 1.85 bits per heavy atom. The molecule has 1 heterocycles. The van der Waals surface area contributed by atoms with Gasteiger partial charge in [0, 0.05) is 17.4 Å². The summed E-state index contributed by atoms with van der Waals surface area (Å²) in [5.74, 6) is 2.86. The molecule has 2 atom stereocenters. The SMILES string of the molecule is Cc1oc(C)c(C(=O)NCC2CCCCC2CBr)c1C. The van der Waals surface area contributed by atoms with Gasteiger partial charge in [0.15, 0.2) is 0 Å². The number of hydrogen-bond donors (Lipinski definition) is 1. The number of furan rings is 1. The molecule has 1 aliphatic carbocycles. The third-order valence-electron chi connectivity index (χ3n) is 4.58. The second kappa shape index (κ2) is 6.79. The molecule has 1 fully saturated rings. The Morgan fingerprint density at radius 3 is 2.40 bits per heavy atom. The third kappa shape index (κ3) is 3.27. The molecular weight excluding hydrogens is 318 g/mol. The minimum atomic E-state index is 0.00995. The van der Waals surface area contributed by atoms with Crippen LogP contribution in [-0.2, 0) is 0 Å². The predicted octanol–water partition coefficient (Wildman–Crippen LogP) is 4.14. The van der Waals surface area contributed by atoms with Crippen molar-refractivity contribution in [3.05, 3.63) is 22.6 Å². The van der Waals surface area contributed by atoms with Gasteiger partial charge >= 0.3 is 0 Å². The van der Waals surface area contributed by atoms with Crippen LogP contribution in [-0.4, -0.2) is 17.8 Å². The van der Waals surface area contributed by atoms with E-state index in [1.54, 1.807) is 0 Å². The van der Waals surface area contributed by atoms with Crippen LogP contribution in [0.15, 0.2) is 4.42 Å². The Morgan fingerprint density at radius 1 is 1.20 bits per heavy atom. The molecule has 1 saturated carbocycles. The first-order valence-corrected chi connectivity index (χ1v) is 8.57. The smallest absolute Gasteiger partial charge is 0.255 e. The van der Waals surface area contributed by atoms with Crippen molar-refractivity contribution in [1.29, 1.82) is 0 Å². The quantitative estimate of drug-likeness (QED) is 0.836. The molecule has 1 aromatic heterocycles. The van der Waals surface area contributed by atoms with E-state index in [4.69, 9.17) is 4.42 Å². The van der Waals surface area contributed by atoms with E-state index in [1.807, 2.05) is 20.8 Å². The van der Waals surface area contributed by atoms with Crippen LogP contribution < -0.4 is 5.32 Å². The molecule has 0 bridgehead atoms. The van der Waals surface area contributed by atoms with E-state index in [-0.39, 0.29) is 5.91 Å². The van der Waals surface area contributed by atoms with Crippen molar-refractivity contribution in [2.24, 2.45) is 11.8 Å². The summed E-state index contributed by atoms with van der Waals surface area (Å²) < 4.78 is 5.53. The standard InChI is InChI=1S/C16H24BrNO2/c1-10-11(2)20-12(3)15(10)16(19)18-9-14-7-5-4-6-13(14)8-17/h13-14H,4-9H2,1-3H3,(H,18,19). The van der Waals surface area contributed by atoms with Gasteiger partial charge in [-0.25, -0.2) is 0 Å². The summed E-state index contributed by atoms with van der Waals surface area (Å²) in [6, 6.07) is 0. The zero-order valence-electron chi connectivity index (χ0n) is 12.6. The van der Waals surface area contributed by atoms with Crippen molar-refractivity contribution in [2.45, 2.75) is 46.5 Å². The normalized spacial score (nSPS) is 22.8. The largest absolute Gasteiger partial charge is 0.466 e. The number of carbonyl (C=O) groups is 1. The van der Waals surface area contributed by atoms with Gasteiger partial charge in [-0.1, -0.05) is 28.8 Å². The van der Waals surface area contributed by atoms with E-state index in [0.29, 0.717) is 17.4 Å². The highest BCUT2D eigenvalue weighted by atomic mass is 79.9. The number of carbonyl (C=O) groups excluding carboxylic acids is 1. The Labute approximate surface area is 129 Å². The molecular formula is C16H24BrNO2. The number of alkyl halides is 1. The summed E-state index contributed by atoms with van der Waals surface area (Å²) in [6.45, 7) is 6.48. The number of halogens is 1. The molecule has 3 nitrogen and oxygen atoms in total. The Hall–Kier alpha value is -0.770. The minimum absolute atomic E-state index is 0.00995. The average molecular weight is 342 g/mol. The van der Waals surface area contributed by atoms with E-state index in [2.05, 4.69) is 21.2 Å². The zero-order chi connectivity index (χ0) is 14.7. The van der Waals surface area contributed by atoms with Crippen LogP contribution in [0.4, 0.5) is 0 Å². The highest BCUT2D eigenvalue weighted by molar-refractivity contribution is 9.09. The van der Waals surface area contributed by atoms with E-state index < -0.39 is 0 Å². The van der Waals surface area contributed by atoms with Gasteiger partial charge in [0.05, 0.1) is 5.56 Å². The number of hydrogen-bond acceptors (Lipinski definition) is 2. The highest BCUT2D eigenvalue weighted by Gasteiger charge is 2.25. The molecule has 0 aliphatic heterocycles. The highest BCUT2D eigenvalue weighted by Crippen LogP contribution is 2.31. The monoisotopic (exact) mass is 341 g/mol. The first-order valence-electron chi connectivity index (χ1n) is 7.45. The summed E-state index contributed by atoms with van der Waals surface area (Å²) >= 11 is 3.60. The van der Waals surface area contributed by atoms with Crippen LogP contribution in [0.1, 0.15) is 53.1 Å². The van der Waals surface area contributed by atoms with Crippen molar-refractivity contribution in [2.75, 3.05) is 11.9 Å². The first kappa shape index (κ1) is 15.6. The Balaban J connectivity index is 1.98. The fraction of sp³-hybridized carbons (Fsp3) is 0.688. The maximum Gasteiger partial charge on any atom is 0.255 e. The first-order chi connectivity index (χ1) is 9.54. The number of nitrogens with one attached hydrogen (secondary N) is 1. The molecule has 0 spiro atoms. The third-order valence-corrected chi connectivity index (χ3v) is 5.41. The van der Waals surface area contributed by atoms with Crippen molar-refractivity contribution < 1.29 is 9.21 Å². The van der Waals surface area contributed by atoms with E-state index in [9.17, 15) is 4.79 Å². The van der Waals surface area contributed by atoms with Gasteiger partial charge in [0.2, 0.25) is 0 Å². The fourth-order valence-corrected chi connectivity index (χ4v) is 4.05. The van der Waals surface area contributed by atoms with Crippen molar-refractivity contribution >= 4 is 21.8 Å². The number of rotatable bonds is 4. The lowest BCUT2D eigenvalue weighted by molar-refractivity contribution is 0.0935. The van der Waals surface area contributed by atoms with E-state index in [0.717, 1.165) is 29.0 Å². The maximum atomic E-state index is 12.4. The van der Waals surface area contributed by atoms with Crippen LogP contribution in [0.25, 0.3) is 0 Å². The predicted molar refractivity (Wildman–Crippen MR) is 84.5 cm³/mol. The van der Waals surface area contributed by atoms with E-state index >= 15 is 0 Å². The summed E-state index contributed by atoms with van der Waals surface area (Å²) in [5.41, 5.74) is 1.68. The van der Waals surface area contributed by atoms with Crippen LogP contribution in [0.2, 0.25) is 0 Å². The topological polar surface area (TPSA) is 42.2 Å². The maximum absolute atomic E-state index is 12.4. The Bertz CT molecular complexity index is 481. The van der Waals surface area contributed by atoms with Gasteiger partial charge in [0.25, 0.3) is 5.91 Å². The molecule has 112 valence electrons. The molecule has 0 aromatic carbocycles. The molecule has 1 aromatic rings. The van der Waals surface area contributed by atoms with Crippen molar-refractivity contribution in [3.8, 4) is 0 Å². The lowest BCUT2D eigenvalue weighted by Crippen LogP contribution is -2.35. The molecule has 2 rings (SSSR count). The molecule has 1 amide bonds. The van der Waals surface area contributed by atoms with Gasteiger partial charge in [-0.2, -0.15) is 0 Å². The van der Waals surface area contributed by atoms with Crippen molar-refractivity contribution in [1.82, 2.24) is 5.32 Å². The second-order valence-corrected chi connectivity index (χ2v) is 6.53. The summed E-state index contributed by atoms with van der Waals surface area (Å²) in [4.78, 5) is 12.4. The fourth-order valence-electron chi connectivity index (χ4n) is 3.20. The Kier molecular flexibility index (Phi) is 5.30. The van der Waals surface area contributed by atoms with E-state index in [1.165, 1.54) is 25.7 Å². The van der Waals surface area contributed by atoms with Crippen molar-refractivity contribution in [3.63, 3.8) is 0 Å². The second-order valence-electron chi connectivity index (χ2n) is 5.88. The van der Waals surface area contributed by atoms with Crippen LogP contribution >= 0.6 is 15.9 Å². The van der Waals surface area contributed by atoms with Crippen LogP contribution in [0.5, 0.6) is 0 Å². The van der Waals surface area contributed by atoms with Gasteiger partial charge in [-0.3, -0.25) is 4.79 Å². The summed E-state index contributed by atoms with van der Waals surface area (Å²) in [6.07, 6.45) is 5.10. The van der Waals surface area contributed by atoms with Gasteiger partial charge in [-0.15, -0.1) is 0 Å². The number of amides is 1. The summed E-state index contributed by atoms with van der Waals surface area (Å²) in [7, 11) is 0. The molecule has 1 aliphatic rings. The van der Waals surface area contributed by atoms with Crippen LogP contribution in [0, 0.1) is 32.6 Å². The molecule has 20 heavy (non-hydrogen) atoms. The molecule has 1 N–H and O–H groups in total. The molecule has 0 radical (unpaired) electrons. The minimum Gasteiger partial charge on any atom is -0.466 e. The molecule has 2 unspecified atom stereocenters. The van der Waals surface area contributed by atoms with Gasteiger partial charge < -0.3 is 9.73 Å². The lowest BCUT2D eigenvalue weighted by atomic mass is 9.80.